The summed E-state index contributed by atoms with van der Waals surface area (Å²) in [5.41, 5.74) is 2.32. The number of pyridine rings is 1. The Morgan fingerprint density at radius 3 is 2.66 bits per heavy atom. The van der Waals surface area contributed by atoms with Crippen LogP contribution in [0.2, 0.25) is 0 Å². The molecule has 2 aromatic heterocycles. The molecule has 0 aliphatic carbocycles. The van der Waals surface area contributed by atoms with Crippen LogP contribution >= 0.6 is 0 Å². The summed E-state index contributed by atoms with van der Waals surface area (Å²) in [6.07, 6.45) is 4.27. The van der Waals surface area contributed by atoms with Crippen LogP contribution in [0.25, 0.3) is 11.0 Å². The summed E-state index contributed by atoms with van der Waals surface area (Å²) in [6.45, 7) is 2.96. The van der Waals surface area contributed by atoms with E-state index < -0.39 is 6.04 Å². The zero-order valence-electron chi connectivity index (χ0n) is 17.7. The van der Waals surface area contributed by atoms with Gasteiger partial charge in [0.15, 0.2) is 5.43 Å². The van der Waals surface area contributed by atoms with E-state index in [4.69, 9.17) is 9.15 Å². The highest BCUT2D eigenvalue weighted by Crippen LogP contribution is 2.39. The van der Waals surface area contributed by atoms with Crippen LogP contribution < -0.4 is 10.2 Å². The number of ether oxygens (including phenoxy) is 1. The number of carbonyl (C=O) groups is 1. The molecule has 0 radical (unpaired) electrons. The molecule has 1 aliphatic rings. The quantitative estimate of drug-likeness (QED) is 0.446. The molecule has 0 saturated carbocycles. The van der Waals surface area contributed by atoms with Gasteiger partial charge in [-0.15, -0.1) is 0 Å². The number of aromatic nitrogens is 1. The van der Waals surface area contributed by atoms with Gasteiger partial charge in [-0.05, 0) is 53.9 Å². The van der Waals surface area contributed by atoms with Crippen molar-refractivity contribution in [2.75, 3.05) is 6.61 Å². The molecule has 0 bridgehead atoms. The summed E-state index contributed by atoms with van der Waals surface area (Å²) in [5.74, 6) is 0.511. The third-order valence-corrected chi connectivity index (χ3v) is 5.62. The Bertz CT molecular complexity index is 1350. The summed E-state index contributed by atoms with van der Waals surface area (Å²) < 4.78 is 11.8. The monoisotopic (exact) mass is 426 g/mol. The first-order chi connectivity index (χ1) is 15.7. The summed E-state index contributed by atoms with van der Waals surface area (Å²) >= 11 is 0. The predicted octanol–water partition coefficient (Wildman–Crippen LogP) is 4.72. The number of amides is 1. The largest absolute Gasteiger partial charge is 0.494 e. The van der Waals surface area contributed by atoms with Gasteiger partial charge in [-0.25, -0.2) is 0 Å². The van der Waals surface area contributed by atoms with Crippen molar-refractivity contribution in [1.82, 2.24) is 9.88 Å². The summed E-state index contributed by atoms with van der Waals surface area (Å²) in [6, 6.07) is 17.8. The van der Waals surface area contributed by atoms with Gasteiger partial charge in [-0.2, -0.15) is 0 Å². The van der Waals surface area contributed by atoms with E-state index in [9.17, 15) is 9.59 Å². The maximum absolute atomic E-state index is 13.5. The number of rotatable bonds is 6. The molecule has 160 valence electrons. The van der Waals surface area contributed by atoms with Crippen LogP contribution in [0.4, 0.5) is 0 Å². The summed E-state index contributed by atoms with van der Waals surface area (Å²) in [4.78, 5) is 32.8. The first-order valence-electron chi connectivity index (χ1n) is 10.7. The fourth-order valence-corrected chi connectivity index (χ4v) is 4.16. The van der Waals surface area contributed by atoms with Crippen molar-refractivity contribution >= 4 is 16.9 Å². The van der Waals surface area contributed by atoms with Crippen LogP contribution in [-0.2, 0) is 6.54 Å². The Hall–Kier alpha value is -3.93. The molecule has 6 nitrogen and oxygen atoms in total. The highest BCUT2D eigenvalue weighted by Gasteiger charge is 2.42. The summed E-state index contributed by atoms with van der Waals surface area (Å²) in [5, 5.41) is 0.466. The normalized spacial score (nSPS) is 15.2. The number of para-hydroxylation sites is 1. The molecule has 0 spiro atoms. The van der Waals surface area contributed by atoms with E-state index in [2.05, 4.69) is 4.98 Å². The van der Waals surface area contributed by atoms with Crippen molar-refractivity contribution < 1.29 is 13.9 Å². The topological polar surface area (TPSA) is 72.6 Å². The van der Waals surface area contributed by atoms with Crippen molar-refractivity contribution in [3.63, 3.8) is 0 Å². The zero-order valence-corrected chi connectivity index (χ0v) is 17.7. The van der Waals surface area contributed by atoms with E-state index in [1.165, 1.54) is 0 Å². The number of fused-ring (bicyclic) bond motifs is 2. The number of carbonyl (C=O) groups excluding carboxylic acids is 1. The van der Waals surface area contributed by atoms with E-state index in [-0.39, 0.29) is 17.1 Å². The third kappa shape index (κ3) is 3.43. The average molecular weight is 426 g/mol. The molecule has 5 rings (SSSR count). The number of nitrogens with zero attached hydrogens (tertiary/aromatic N) is 2. The second-order valence-corrected chi connectivity index (χ2v) is 7.78. The van der Waals surface area contributed by atoms with Gasteiger partial charge < -0.3 is 14.1 Å². The molecule has 0 saturated heterocycles. The Morgan fingerprint density at radius 1 is 1.03 bits per heavy atom. The second kappa shape index (κ2) is 8.30. The average Bonchev–Trinajstić information content (AvgIpc) is 3.10. The lowest BCUT2D eigenvalue weighted by molar-refractivity contribution is 0.0714. The van der Waals surface area contributed by atoms with E-state index in [1.807, 2.05) is 43.3 Å². The minimum atomic E-state index is -0.573. The smallest absolute Gasteiger partial charge is 0.291 e. The van der Waals surface area contributed by atoms with Crippen LogP contribution in [0.5, 0.6) is 5.75 Å². The maximum atomic E-state index is 13.5. The van der Waals surface area contributed by atoms with Gasteiger partial charge in [0.2, 0.25) is 5.76 Å². The van der Waals surface area contributed by atoms with Crippen molar-refractivity contribution in [2.24, 2.45) is 0 Å². The van der Waals surface area contributed by atoms with Crippen molar-refractivity contribution in [3.8, 4) is 5.75 Å². The van der Waals surface area contributed by atoms with Crippen molar-refractivity contribution in [1.29, 1.82) is 0 Å². The Kier molecular flexibility index (Phi) is 5.19. The molecule has 0 unspecified atom stereocenters. The molecule has 1 atom stereocenters. The maximum Gasteiger partial charge on any atom is 0.291 e. The SMILES string of the molecule is CCCOc1cccc([C@H]2c3c(oc4ccccc4c3=O)C(=O)N2Cc2ccncc2)c1. The minimum absolute atomic E-state index is 0.104. The minimum Gasteiger partial charge on any atom is -0.494 e. The molecule has 0 N–H and O–H groups in total. The molecule has 3 heterocycles. The van der Waals surface area contributed by atoms with E-state index >= 15 is 0 Å². The predicted molar refractivity (Wildman–Crippen MR) is 121 cm³/mol. The van der Waals surface area contributed by atoms with Gasteiger partial charge in [0.1, 0.15) is 11.3 Å². The lowest BCUT2D eigenvalue weighted by Gasteiger charge is -2.25. The highest BCUT2D eigenvalue weighted by atomic mass is 16.5. The first-order valence-corrected chi connectivity index (χ1v) is 10.7. The van der Waals surface area contributed by atoms with Crippen LogP contribution in [0.15, 0.2) is 82.3 Å². The number of benzene rings is 2. The van der Waals surface area contributed by atoms with Crippen LogP contribution in [0.1, 0.15) is 46.6 Å². The van der Waals surface area contributed by atoms with Gasteiger partial charge >= 0.3 is 0 Å². The third-order valence-electron chi connectivity index (χ3n) is 5.62. The van der Waals surface area contributed by atoms with E-state index in [1.54, 1.807) is 41.6 Å². The molecule has 0 fully saturated rings. The Labute approximate surface area is 185 Å². The van der Waals surface area contributed by atoms with Crippen LogP contribution in [-0.4, -0.2) is 22.4 Å². The first kappa shape index (κ1) is 20.0. The lowest BCUT2D eigenvalue weighted by Crippen LogP contribution is -2.29. The van der Waals surface area contributed by atoms with E-state index in [0.29, 0.717) is 35.4 Å². The fourth-order valence-electron chi connectivity index (χ4n) is 4.16. The number of hydrogen-bond donors (Lipinski definition) is 0. The lowest BCUT2D eigenvalue weighted by atomic mass is 9.98. The van der Waals surface area contributed by atoms with Crippen LogP contribution in [0, 0.1) is 0 Å². The van der Waals surface area contributed by atoms with Gasteiger partial charge in [0.05, 0.1) is 23.6 Å². The van der Waals surface area contributed by atoms with Gasteiger partial charge in [-0.1, -0.05) is 31.2 Å². The fraction of sp³-hybridized carbons (Fsp3) is 0.192. The Morgan fingerprint density at radius 2 is 1.84 bits per heavy atom. The molecule has 32 heavy (non-hydrogen) atoms. The van der Waals surface area contributed by atoms with E-state index in [0.717, 1.165) is 17.5 Å². The second-order valence-electron chi connectivity index (χ2n) is 7.78. The highest BCUT2D eigenvalue weighted by molar-refractivity contribution is 5.99. The van der Waals surface area contributed by atoms with Crippen LogP contribution in [0.3, 0.4) is 0 Å². The Balaban J connectivity index is 1.68. The molecule has 4 aromatic rings. The molecule has 6 heteroatoms. The number of hydrogen-bond acceptors (Lipinski definition) is 5. The summed E-state index contributed by atoms with van der Waals surface area (Å²) in [7, 11) is 0. The van der Waals surface area contributed by atoms with Gasteiger partial charge in [-0.3, -0.25) is 14.6 Å². The molecule has 1 aliphatic heterocycles. The molecular weight excluding hydrogens is 404 g/mol. The molecule has 2 aromatic carbocycles. The molecular formula is C26H22N2O4. The van der Waals surface area contributed by atoms with Gasteiger partial charge in [0.25, 0.3) is 5.91 Å². The standard InChI is InChI=1S/C26H22N2O4/c1-2-14-31-19-7-5-6-18(15-19)23-22-24(29)20-8-3-4-9-21(20)32-25(22)26(30)28(23)16-17-10-12-27-13-11-17/h3-13,15,23H,2,14,16H2,1H3/t23-/m0/s1. The van der Waals surface area contributed by atoms with Gasteiger partial charge in [0, 0.05) is 18.9 Å². The van der Waals surface area contributed by atoms with Crippen molar-refractivity contribution in [2.45, 2.75) is 25.9 Å². The van der Waals surface area contributed by atoms with Crippen molar-refractivity contribution in [3.05, 3.63) is 106 Å². The molecule has 1 amide bonds. The zero-order chi connectivity index (χ0) is 22.1.